The number of nitrogens with one attached hydrogen (secondary N) is 2. The van der Waals surface area contributed by atoms with Crippen LogP contribution in [0.4, 0.5) is 16.0 Å². The molecule has 2 heterocycles. The number of amides is 1. The first-order valence-corrected chi connectivity index (χ1v) is 15.4. The highest BCUT2D eigenvalue weighted by atomic mass is 35.5. The van der Waals surface area contributed by atoms with Gasteiger partial charge >= 0.3 is 0 Å². The minimum atomic E-state index is -0.593. The predicted molar refractivity (Wildman–Crippen MR) is 173 cm³/mol. The molecule has 0 radical (unpaired) electrons. The summed E-state index contributed by atoms with van der Waals surface area (Å²) < 4.78 is 21.9. The van der Waals surface area contributed by atoms with Crippen LogP contribution in [0.2, 0.25) is 10.0 Å². The van der Waals surface area contributed by atoms with Crippen LogP contribution in [0.25, 0.3) is 0 Å². The van der Waals surface area contributed by atoms with Gasteiger partial charge in [-0.1, -0.05) is 89.6 Å². The van der Waals surface area contributed by atoms with Crippen LogP contribution in [0, 0.1) is 5.82 Å². The summed E-state index contributed by atoms with van der Waals surface area (Å²) in [5.74, 6) is 0.920. The summed E-state index contributed by atoms with van der Waals surface area (Å²) >= 11 is 13.6. The van der Waals surface area contributed by atoms with Crippen molar-refractivity contribution in [3.63, 3.8) is 0 Å². The van der Waals surface area contributed by atoms with E-state index >= 15 is 0 Å². The van der Waals surface area contributed by atoms with Crippen LogP contribution in [-0.2, 0) is 17.2 Å². The summed E-state index contributed by atoms with van der Waals surface area (Å²) in [6, 6.07) is 28.0. The first-order valence-electron chi connectivity index (χ1n) is 13.7. The lowest BCUT2D eigenvalue weighted by atomic mass is 9.95. The molecule has 44 heavy (non-hydrogen) atoms. The average molecular weight is 647 g/mol. The summed E-state index contributed by atoms with van der Waals surface area (Å²) in [7, 11) is 0. The van der Waals surface area contributed by atoms with Gasteiger partial charge < -0.3 is 15.4 Å². The molecule has 1 atom stereocenters. The lowest BCUT2D eigenvalue weighted by Gasteiger charge is -2.28. The first kappa shape index (κ1) is 29.7. The monoisotopic (exact) mass is 645 g/mol. The molecule has 0 spiro atoms. The molecule has 1 aliphatic rings. The molecule has 11 heteroatoms. The van der Waals surface area contributed by atoms with Crippen LogP contribution in [-0.4, -0.2) is 20.7 Å². The molecule has 1 aromatic heterocycles. The molecule has 222 valence electrons. The van der Waals surface area contributed by atoms with Crippen LogP contribution in [0.3, 0.4) is 0 Å². The molecule has 7 nitrogen and oxygen atoms in total. The van der Waals surface area contributed by atoms with Crippen LogP contribution in [0.15, 0.2) is 113 Å². The maximum Gasteiger partial charge on any atom is 0.255 e. The van der Waals surface area contributed by atoms with E-state index in [1.54, 1.807) is 35.0 Å². The Hall–Kier alpha value is -4.31. The van der Waals surface area contributed by atoms with Gasteiger partial charge in [-0.25, -0.2) is 9.07 Å². The number of carbonyl (C=O) groups is 1. The quantitative estimate of drug-likeness (QED) is 0.156. The number of para-hydroxylation sites is 1. The van der Waals surface area contributed by atoms with Crippen LogP contribution in [0.1, 0.15) is 29.7 Å². The summed E-state index contributed by atoms with van der Waals surface area (Å²) in [6.07, 6.45) is 0. The SMILES string of the molecule is CC1=C(C(=O)Nc2ccccc2)C(c2ccc(OCc3ccc(Cl)cc3Cl)cc2)n2nc(SCc3ccccc3F)nc2N1. The Morgan fingerprint density at radius 3 is 2.50 bits per heavy atom. The number of fused-ring (bicyclic) bond motifs is 1. The van der Waals surface area contributed by atoms with Gasteiger partial charge in [-0.2, -0.15) is 4.98 Å². The zero-order valence-corrected chi connectivity index (χ0v) is 25.8. The fourth-order valence-electron chi connectivity index (χ4n) is 4.82. The molecule has 0 saturated carbocycles. The van der Waals surface area contributed by atoms with E-state index in [0.717, 1.165) is 11.1 Å². The number of ether oxygens (including phenoxy) is 1. The summed E-state index contributed by atoms with van der Waals surface area (Å²) in [5, 5.41) is 12.5. The number of aromatic nitrogens is 3. The van der Waals surface area contributed by atoms with Crippen molar-refractivity contribution >= 4 is 52.5 Å². The number of nitrogens with zero attached hydrogens (tertiary/aromatic N) is 3. The summed E-state index contributed by atoms with van der Waals surface area (Å²) in [4.78, 5) is 18.4. The summed E-state index contributed by atoms with van der Waals surface area (Å²) in [6.45, 7) is 2.10. The van der Waals surface area contributed by atoms with Gasteiger partial charge in [0.05, 0.1) is 5.57 Å². The minimum absolute atomic E-state index is 0.266. The number of hydrogen-bond donors (Lipinski definition) is 2. The Labute approximate surface area is 268 Å². The second-order valence-corrected chi connectivity index (χ2v) is 11.8. The van der Waals surface area contributed by atoms with E-state index in [1.807, 2.05) is 67.6 Å². The number of allylic oxidation sites excluding steroid dienone is 1. The largest absolute Gasteiger partial charge is 0.489 e. The number of hydrogen-bond acceptors (Lipinski definition) is 6. The van der Waals surface area contributed by atoms with E-state index in [1.165, 1.54) is 17.8 Å². The molecule has 1 unspecified atom stereocenters. The second kappa shape index (κ2) is 13.1. The third-order valence-electron chi connectivity index (χ3n) is 7.03. The average Bonchev–Trinajstić information content (AvgIpc) is 3.42. The number of rotatable bonds is 9. The van der Waals surface area contributed by atoms with E-state index in [9.17, 15) is 9.18 Å². The van der Waals surface area contributed by atoms with Crippen LogP contribution < -0.4 is 15.4 Å². The number of carbonyl (C=O) groups excluding carboxylic acids is 1. The van der Waals surface area contributed by atoms with E-state index < -0.39 is 6.04 Å². The topological polar surface area (TPSA) is 81.1 Å². The van der Waals surface area contributed by atoms with Gasteiger partial charge in [-0.15, -0.1) is 5.10 Å². The number of halogens is 3. The van der Waals surface area contributed by atoms with Gasteiger partial charge in [0.2, 0.25) is 11.1 Å². The molecule has 6 rings (SSSR count). The van der Waals surface area contributed by atoms with E-state index in [4.69, 9.17) is 33.0 Å². The Balaban J connectivity index is 1.29. The molecule has 0 bridgehead atoms. The Morgan fingerprint density at radius 2 is 1.75 bits per heavy atom. The van der Waals surface area contributed by atoms with E-state index in [2.05, 4.69) is 15.6 Å². The lowest BCUT2D eigenvalue weighted by Crippen LogP contribution is -2.31. The van der Waals surface area contributed by atoms with Gasteiger partial charge in [0.25, 0.3) is 5.91 Å². The van der Waals surface area contributed by atoms with Gasteiger partial charge in [0, 0.05) is 32.7 Å². The van der Waals surface area contributed by atoms with Crippen molar-refractivity contribution < 1.29 is 13.9 Å². The van der Waals surface area contributed by atoms with E-state index in [-0.39, 0.29) is 18.3 Å². The molecule has 4 aromatic carbocycles. The van der Waals surface area contributed by atoms with Crippen LogP contribution in [0.5, 0.6) is 5.75 Å². The maximum atomic E-state index is 14.2. The molecular weight excluding hydrogens is 620 g/mol. The van der Waals surface area contributed by atoms with Crippen molar-refractivity contribution in [2.75, 3.05) is 10.6 Å². The lowest BCUT2D eigenvalue weighted by molar-refractivity contribution is -0.113. The Bertz CT molecular complexity index is 1850. The Kier molecular flexibility index (Phi) is 8.88. The molecule has 0 aliphatic carbocycles. The molecule has 1 amide bonds. The highest BCUT2D eigenvalue weighted by Crippen LogP contribution is 2.38. The predicted octanol–water partition coefficient (Wildman–Crippen LogP) is 8.52. The number of anilines is 2. The highest BCUT2D eigenvalue weighted by molar-refractivity contribution is 7.98. The molecule has 0 fully saturated rings. The maximum absolute atomic E-state index is 14.2. The fraction of sp³-hybridized carbons (Fsp3) is 0.121. The van der Waals surface area contributed by atoms with Crippen molar-refractivity contribution in [3.8, 4) is 5.75 Å². The normalized spacial score (nSPS) is 14.1. The fourth-order valence-corrected chi connectivity index (χ4v) is 6.10. The molecule has 0 saturated heterocycles. The van der Waals surface area contributed by atoms with Crippen LogP contribution >= 0.6 is 35.0 Å². The third-order valence-corrected chi connectivity index (χ3v) is 8.50. The Morgan fingerprint density at radius 1 is 1.00 bits per heavy atom. The molecule has 5 aromatic rings. The van der Waals surface area contributed by atoms with Crippen molar-refractivity contribution in [2.45, 2.75) is 30.5 Å². The summed E-state index contributed by atoms with van der Waals surface area (Å²) in [5.41, 5.74) is 3.97. The number of benzene rings is 4. The zero-order valence-electron chi connectivity index (χ0n) is 23.4. The third kappa shape index (κ3) is 6.60. The van der Waals surface area contributed by atoms with Gasteiger partial charge in [-0.05, 0) is 60.5 Å². The number of thioether (sulfide) groups is 1. The van der Waals surface area contributed by atoms with Gasteiger partial charge in [0.1, 0.15) is 24.2 Å². The smallest absolute Gasteiger partial charge is 0.255 e. The highest BCUT2D eigenvalue weighted by Gasteiger charge is 2.34. The first-order chi connectivity index (χ1) is 21.4. The standard InChI is InChI=1S/C33H26Cl2FN5O2S/c1-20-29(31(42)38-25-8-3-2-4-9-25)30(21-12-15-26(16-13-21)43-18-22-11-14-24(34)17-27(22)35)41-32(37-20)39-33(40-41)44-19-23-7-5-6-10-28(23)36/h2-17,30H,18-19H2,1H3,(H,38,42)(H,37,39,40). The zero-order chi connectivity index (χ0) is 30.6. The van der Waals surface area contributed by atoms with Crippen molar-refractivity contribution in [2.24, 2.45) is 0 Å². The van der Waals surface area contributed by atoms with Gasteiger partial charge in [-0.3, -0.25) is 4.79 Å². The minimum Gasteiger partial charge on any atom is -0.489 e. The molecule has 2 N–H and O–H groups in total. The van der Waals surface area contributed by atoms with Crippen molar-refractivity contribution in [1.29, 1.82) is 0 Å². The second-order valence-electron chi connectivity index (χ2n) is 10.0. The van der Waals surface area contributed by atoms with E-state index in [0.29, 0.717) is 55.2 Å². The van der Waals surface area contributed by atoms with Crippen molar-refractivity contribution in [1.82, 2.24) is 14.8 Å². The molecule has 1 aliphatic heterocycles. The molecular formula is C33H26Cl2FN5O2S. The van der Waals surface area contributed by atoms with Gasteiger partial charge in [0.15, 0.2) is 0 Å². The van der Waals surface area contributed by atoms with Crippen molar-refractivity contribution in [3.05, 3.63) is 141 Å².